The van der Waals surface area contributed by atoms with Gasteiger partial charge in [-0.3, -0.25) is 0 Å². The molecule has 0 radical (unpaired) electrons. The number of ether oxygens (including phenoxy) is 1. The Labute approximate surface area is 91.2 Å². The summed E-state index contributed by atoms with van der Waals surface area (Å²) in [4.78, 5) is 0. The molecule has 0 spiro atoms. The zero-order chi connectivity index (χ0) is 10.2. The molecule has 1 aromatic rings. The van der Waals surface area contributed by atoms with Gasteiger partial charge in [0.25, 0.3) is 0 Å². The molecule has 1 saturated carbocycles. The molecular weight excluding hydrogens is 248 g/mol. The maximum atomic E-state index is 10.1. The molecular formula is C10H13BrO3. The number of halogens is 1. The van der Waals surface area contributed by atoms with E-state index in [1.807, 2.05) is 6.92 Å². The van der Waals surface area contributed by atoms with Crippen molar-refractivity contribution in [2.75, 3.05) is 6.61 Å². The van der Waals surface area contributed by atoms with Crippen LogP contribution < -0.4 is 0 Å². The fraction of sp³-hybridized carbons (Fsp3) is 0.600. The van der Waals surface area contributed by atoms with E-state index in [0.29, 0.717) is 25.2 Å². The van der Waals surface area contributed by atoms with Gasteiger partial charge in [-0.2, -0.15) is 0 Å². The van der Waals surface area contributed by atoms with Gasteiger partial charge in [0, 0.05) is 19.4 Å². The Morgan fingerprint density at radius 1 is 1.71 bits per heavy atom. The van der Waals surface area contributed by atoms with Crippen LogP contribution in [0, 0.1) is 0 Å². The summed E-state index contributed by atoms with van der Waals surface area (Å²) in [5.74, 6) is 0.619. The summed E-state index contributed by atoms with van der Waals surface area (Å²) in [5, 5.41) is 10.1. The Balaban J connectivity index is 2.04. The molecule has 4 heteroatoms. The summed E-state index contributed by atoms with van der Waals surface area (Å²) in [6.45, 7) is 2.65. The molecule has 0 amide bonds. The largest absolute Gasteiger partial charge is 0.465 e. The van der Waals surface area contributed by atoms with Crippen LogP contribution >= 0.6 is 15.9 Å². The lowest BCUT2D eigenvalue weighted by atomic mass is 9.76. The zero-order valence-electron chi connectivity index (χ0n) is 8.00. The van der Waals surface area contributed by atoms with Crippen LogP contribution in [0.15, 0.2) is 21.2 Å². The van der Waals surface area contributed by atoms with E-state index in [1.165, 1.54) is 0 Å². The standard InChI is InChI=1S/C10H13BrO3/c1-2-13-7-5-10(12,6-7)9-8(11)3-4-14-9/h3-4,7,12H,2,5-6H2,1H3. The summed E-state index contributed by atoms with van der Waals surface area (Å²) in [5.41, 5.74) is -0.831. The number of furan rings is 1. The quantitative estimate of drug-likeness (QED) is 0.908. The second-order valence-electron chi connectivity index (χ2n) is 3.61. The lowest BCUT2D eigenvalue weighted by Gasteiger charge is -2.41. The van der Waals surface area contributed by atoms with Gasteiger partial charge in [-0.15, -0.1) is 0 Å². The normalized spacial score (nSPS) is 31.5. The average Bonchev–Trinajstić information content (AvgIpc) is 2.49. The molecule has 1 fully saturated rings. The molecule has 0 aromatic carbocycles. The SMILES string of the molecule is CCOC1CC(O)(c2occc2Br)C1. The van der Waals surface area contributed by atoms with Crippen LogP contribution in [0.25, 0.3) is 0 Å². The van der Waals surface area contributed by atoms with E-state index in [2.05, 4.69) is 15.9 Å². The van der Waals surface area contributed by atoms with Gasteiger partial charge in [0.1, 0.15) is 11.4 Å². The first-order valence-corrected chi connectivity index (χ1v) is 5.52. The first-order chi connectivity index (χ1) is 6.65. The molecule has 1 aliphatic rings. The second-order valence-corrected chi connectivity index (χ2v) is 4.47. The van der Waals surface area contributed by atoms with E-state index in [-0.39, 0.29) is 6.10 Å². The van der Waals surface area contributed by atoms with E-state index in [0.717, 1.165) is 4.47 Å². The smallest absolute Gasteiger partial charge is 0.149 e. The highest BCUT2D eigenvalue weighted by Gasteiger charge is 2.47. The topological polar surface area (TPSA) is 42.6 Å². The van der Waals surface area contributed by atoms with E-state index >= 15 is 0 Å². The molecule has 1 aliphatic carbocycles. The number of hydrogen-bond acceptors (Lipinski definition) is 3. The summed E-state index contributed by atoms with van der Waals surface area (Å²) in [7, 11) is 0. The van der Waals surface area contributed by atoms with Crippen molar-refractivity contribution < 1.29 is 14.3 Å². The molecule has 78 valence electrons. The third-order valence-electron chi connectivity index (χ3n) is 2.57. The first kappa shape index (κ1) is 10.2. The summed E-state index contributed by atoms with van der Waals surface area (Å²) < 4.78 is 11.5. The highest BCUT2D eigenvalue weighted by Crippen LogP contribution is 2.45. The van der Waals surface area contributed by atoms with Crippen molar-refractivity contribution in [1.29, 1.82) is 0 Å². The fourth-order valence-corrected chi connectivity index (χ4v) is 2.43. The fourth-order valence-electron chi connectivity index (χ4n) is 1.86. The molecule has 1 heterocycles. The van der Waals surface area contributed by atoms with Crippen molar-refractivity contribution in [3.63, 3.8) is 0 Å². The van der Waals surface area contributed by atoms with Gasteiger partial charge < -0.3 is 14.3 Å². The maximum absolute atomic E-state index is 10.1. The molecule has 0 aliphatic heterocycles. The van der Waals surface area contributed by atoms with E-state index in [9.17, 15) is 5.11 Å². The lowest BCUT2D eigenvalue weighted by molar-refractivity contribution is -0.152. The molecule has 0 unspecified atom stereocenters. The number of rotatable bonds is 3. The van der Waals surface area contributed by atoms with Gasteiger partial charge in [0.15, 0.2) is 0 Å². The molecule has 1 N–H and O–H groups in total. The molecule has 3 nitrogen and oxygen atoms in total. The van der Waals surface area contributed by atoms with Crippen molar-refractivity contribution >= 4 is 15.9 Å². The summed E-state index contributed by atoms with van der Waals surface area (Å²) in [6.07, 6.45) is 2.98. The van der Waals surface area contributed by atoms with Crippen LogP contribution in [0.5, 0.6) is 0 Å². The van der Waals surface area contributed by atoms with Crippen molar-refractivity contribution in [1.82, 2.24) is 0 Å². The van der Waals surface area contributed by atoms with Crippen LogP contribution in [-0.2, 0) is 10.3 Å². The highest BCUT2D eigenvalue weighted by atomic mass is 79.9. The molecule has 1 aromatic heterocycles. The van der Waals surface area contributed by atoms with Gasteiger partial charge in [0.2, 0.25) is 0 Å². The first-order valence-electron chi connectivity index (χ1n) is 4.73. The predicted molar refractivity (Wildman–Crippen MR) is 55.0 cm³/mol. The third kappa shape index (κ3) is 1.62. The van der Waals surface area contributed by atoms with E-state index in [4.69, 9.17) is 9.15 Å². The minimum atomic E-state index is -0.831. The van der Waals surface area contributed by atoms with Gasteiger partial charge in [0.05, 0.1) is 16.8 Å². The Bertz CT molecular complexity index is 315. The zero-order valence-corrected chi connectivity index (χ0v) is 9.58. The molecule has 2 rings (SSSR count). The Hall–Kier alpha value is -0.320. The molecule has 0 atom stereocenters. The van der Waals surface area contributed by atoms with Crippen molar-refractivity contribution in [2.24, 2.45) is 0 Å². The molecule has 14 heavy (non-hydrogen) atoms. The van der Waals surface area contributed by atoms with E-state index in [1.54, 1.807) is 12.3 Å². The third-order valence-corrected chi connectivity index (χ3v) is 3.20. The predicted octanol–water partition coefficient (Wildman–Crippen LogP) is 2.43. The van der Waals surface area contributed by atoms with Crippen LogP contribution in [0.3, 0.4) is 0 Å². The molecule has 0 bridgehead atoms. The minimum Gasteiger partial charge on any atom is -0.465 e. The summed E-state index contributed by atoms with van der Waals surface area (Å²) >= 11 is 3.34. The van der Waals surface area contributed by atoms with Crippen molar-refractivity contribution in [3.8, 4) is 0 Å². The Kier molecular flexibility index (Phi) is 2.68. The van der Waals surface area contributed by atoms with Crippen molar-refractivity contribution in [3.05, 3.63) is 22.6 Å². The number of aliphatic hydroxyl groups is 1. The van der Waals surface area contributed by atoms with E-state index < -0.39 is 5.60 Å². The van der Waals surface area contributed by atoms with Gasteiger partial charge >= 0.3 is 0 Å². The van der Waals surface area contributed by atoms with Crippen molar-refractivity contribution in [2.45, 2.75) is 31.5 Å². The monoisotopic (exact) mass is 260 g/mol. The van der Waals surface area contributed by atoms with Crippen LogP contribution in [0.2, 0.25) is 0 Å². The van der Waals surface area contributed by atoms with Gasteiger partial charge in [-0.1, -0.05) is 0 Å². The molecule has 0 saturated heterocycles. The number of hydrogen-bond donors (Lipinski definition) is 1. The van der Waals surface area contributed by atoms with Crippen LogP contribution in [0.4, 0.5) is 0 Å². The lowest BCUT2D eigenvalue weighted by Crippen LogP contribution is -2.45. The van der Waals surface area contributed by atoms with Crippen LogP contribution in [0.1, 0.15) is 25.5 Å². The maximum Gasteiger partial charge on any atom is 0.149 e. The Morgan fingerprint density at radius 2 is 2.43 bits per heavy atom. The minimum absolute atomic E-state index is 0.169. The van der Waals surface area contributed by atoms with Gasteiger partial charge in [-0.25, -0.2) is 0 Å². The highest BCUT2D eigenvalue weighted by molar-refractivity contribution is 9.10. The Morgan fingerprint density at radius 3 is 2.93 bits per heavy atom. The summed E-state index contributed by atoms with van der Waals surface area (Å²) in [6, 6.07) is 1.79. The van der Waals surface area contributed by atoms with Gasteiger partial charge in [-0.05, 0) is 28.9 Å². The average molecular weight is 261 g/mol. The van der Waals surface area contributed by atoms with Crippen LogP contribution in [-0.4, -0.2) is 17.8 Å². The second kappa shape index (κ2) is 3.68.